The van der Waals surface area contributed by atoms with Gasteiger partial charge >= 0.3 is 0 Å². The summed E-state index contributed by atoms with van der Waals surface area (Å²) in [5.74, 6) is 3.28. The van der Waals surface area contributed by atoms with Crippen LogP contribution in [0.2, 0.25) is 0 Å². The summed E-state index contributed by atoms with van der Waals surface area (Å²) in [4.78, 5) is 4.87. The number of aromatic nitrogens is 4. The molecule has 0 aliphatic carbocycles. The SMILES string of the molecule is CC(C)c1cc(C(C)C)c(-c2cccc(-[n+]3[c-]n(-c4[c-]c(Oc5[c-]c6c(cc5)c5ccccc5n6-c5cc(C(C)(C)C)ccn5)ccc4)c(C(C)(C)C)c3C(C)(C)C)c2)c(C(C)C)c1.[Pt]. The van der Waals surface area contributed by atoms with Crippen LogP contribution in [0.15, 0.2) is 109 Å². The maximum absolute atomic E-state index is 6.70. The first-order valence-corrected chi connectivity index (χ1v) is 23.1. The molecular formula is C59H66N4OPt-2. The number of hydrogen-bond donors (Lipinski definition) is 0. The van der Waals surface area contributed by atoms with Gasteiger partial charge in [0.1, 0.15) is 5.82 Å². The fourth-order valence-corrected chi connectivity index (χ4v) is 9.17. The Morgan fingerprint density at radius 3 is 1.91 bits per heavy atom. The predicted octanol–water partition coefficient (Wildman–Crippen LogP) is 15.4. The number of benzene rings is 5. The van der Waals surface area contributed by atoms with Crippen LogP contribution in [0.3, 0.4) is 0 Å². The molecule has 65 heavy (non-hydrogen) atoms. The van der Waals surface area contributed by atoms with Gasteiger partial charge in [0, 0.05) is 44.3 Å². The van der Waals surface area contributed by atoms with E-state index in [0.717, 1.165) is 39.0 Å². The summed E-state index contributed by atoms with van der Waals surface area (Å²) >= 11 is 0. The van der Waals surface area contributed by atoms with Crippen molar-refractivity contribution in [3.8, 4) is 39.8 Å². The number of nitrogens with zero attached hydrogens (tertiary/aromatic N) is 4. The minimum atomic E-state index is -0.237. The van der Waals surface area contributed by atoms with Crippen LogP contribution >= 0.6 is 0 Å². The third-order valence-electron chi connectivity index (χ3n) is 12.4. The van der Waals surface area contributed by atoms with Crippen LogP contribution in [-0.4, -0.2) is 14.1 Å². The van der Waals surface area contributed by atoms with Crippen molar-refractivity contribution in [2.45, 2.75) is 138 Å². The molecule has 6 heteroatoms. The van der Waals surface area contributed by atoms with Gasteiger partial charge in [-0.15, -0.1) is 29.7 Å². The molecule has 5 aromatic carbocycles. The van der Waals surface area contributed by atoms with Crippen LogP contribution in [0.25, 0.3) is 50.1 Å². The quantitative estimate of drug-likeness (QED) is 0.107. The minimum absolute atomic E-state index is 0. The first-order chi connectivity index (χ1) is 30.1. The summed E-state index contributed by atoms with van der Waals surface area (Å²) in [5, 5.41) is 2.24. The number of para-hydroxylation sites is 1. The number of hydrogen-bond acceptors (Lipinski definition) is 2. The van der Waals surface area contributed by atoms with E-state index in [4.69, 9.17) is 9.72 Å². The molecule has 340 valence electrons. The standard InChI is InChI=1S/C59H66N4O.Pt/c1-37(2)41-31-49(38(3)4)54(50(32-41)39(5)6)40-20-18-21-43(30-40)61-36-62(56(59(13,14)15)55(61)58(10,11)12)44-22-19-23-45(34-44)64-46-26-27-48-47-24-16-17-25-51(47)63(52(48)35-46)53-33-42(28-29-60-53)57(7,8)9;/h16-33,37-39H,1-15H3;/q-2;. The molecule has 5 nitrogen and oxygen atoms in total. The molecule has 0 radical (unpaired) electrons. The summed E-state index contributed by atoms with van der Waals surface area (Å²) in [7, 11) is 0. The summed E-state index contributed by atoms with van der Waals surface area (Å²) < 4.78 is 13.4. The van der Waals surface area contributed by atoms with E-state index in [1.54, 1.807) is 0 Å². The Labute approximate surface area is 403 Å². The van der Waals surface area contributed by atoms with Gasteiger partial charge in [-0.3, -0.25) is 4.57 Å². The van der Waals surface area contributed by atoms with Crippen LogP contribution < -0.4 is 9.30 Å². The van der Waals surface area contributed by atoms with Gasteiger partial charge in [0.25, 0.3) is 6.33 Å². The average molecular weight is 1040 g/mol. The van der Waals surface area contributed by atoms with Gasteiger partial charge in [0.2, 0.25) is 0 Å². The zero-order valence-corrected chi connectivity index (χ0v) is 43.4. The number of pyridine rings is 1. The summed E-state index contributed by atoms with van der Waals surface area (Å²) in [6.07, 6.45) is 5.78. The van der Waals surface area contributed by atoms with Gasteiger partial charge < -0.3 is 13.9 Å². The molecule has 0 aliphatic rings. The molecule has 3 heterocycles. The smallest absolute Gasteiger partial charge is 0.267 e. The topological polar surface area (TPSA) is 35.9 Å². The Balaban J connectivity index is 0.00000630. The molecule has 0 unspecified atom stereocenters. The monoisotopic (exact) mass is 1040 g/mol. The van der Waals surface area contributed by atoms with E-state index in [9.17, 15) is 0 Å². The Bertz CT molecular complexity index is 2980. The Kier molecular flexibility index (Phi) is 13.1. The zero-order valence-electron chi connectivity index (χ0n) is 41.1. The molecule has 0 saturated heterocycles. The van der Waals surface area contributed by atoms with Gasteiger partial charge in [-0.2, -0.15) is 18.2 Å². The molecule has 0 bridgehead atoms. The second-order valence-corrected chi connectivity index (χ2v) is 21.6. The molecule has 3 aromatic heterocycles. The minimum Gasteiger partial charge on any atom is -0.510 e. The Morgan fingerprint density at radius 2 is 1.28 bits per heavy atom. The first-order valence-electron chi connectivity index (χ1n) is 23.1. The third kappa shape index (κ3) is 9.28. The Hall–Kier alpha value is -5.25. The Morgan fingerprint density at radius 1 is 0.615 bits per heavy atom. The van der Waals surface area contributed by atoms with Crippen molar-refractivity contribution in [2.24, 2.45) is 0 Å². The number of ether oxygens (including phenoxy) is 1. The molecule has 0 spiro atoms. The largest absolute Gasteiger partial charge is 0.510 e. The van der Waals surface area contributed by atoms with Crippen molar-refractivity contribution in [1.29, 1.82) is 0 Å². The molecule has 8 rings (SSSR count). The van der Waals surface area contributed by atoms with Crippen LogP contribution in [0.5, 0.6) is 11.5 Å². The zero-order chi connectivity index (χ0) is 46.0. The fourth-order valence-electron chi connectivity index (χ4n) is 9.17. The molecular weight excluding hydrogens is 976 g/mol. The van der Waals surface area contributed by atoms with Crippen molar-refractivity contribution >= 4 is 21.8 Å². The summed E-state index contributed by atoms with van der Waals surface area (Å²) in [6.45, 7) is 34.4. The van der Waals surface area contributed by atoms with Crippen molar-refractivity contribution < 1.29 is 30.4 Å². The van der Waals surface area contributed by atoms with Crippen molar-refractivity contribution in [3.63, 3.8) is 0 Å². The van der Waals surface area contributed by atoms with E-state index in [1.807, 2.05) is 24.4 Å². The van der Waals surface area contributed by atoms with E-state index in [0.29, 0.717) is 29.3 Å². The average Bonchev–Trinajstić information content (AvgIpc) is 3.81. The van der Waals surface area contributed by atoms with Crippen molar-refractivity contribution in [2.75, 3.05) is 0 Å². The molecule has 0 atom stereocenters. The van der Waals surface area contributed by atoms with Crippen LogP contribution in [-0.2, 0) is 37.3 Å². The van der Waals surface area contributed by atoms with Gasteiger partial charge in [-0.1, -0.05) is 152 Å². The normalized spacial score (nSPS) is 12.5. The van der Waals surface area contributed by atoms with Gasteiger partial charge in [-0.05, 0) is 109 Å². The third-order valence-corrected chi connectivity index (χ3v) is 12.4. The molecule has 0 saturated carbocycles. The first kappa shape index (κ1) is 47.7. The molecule has 8 aromatic rings. The second kappa shape index (κ2) is 17.9. The maximum atomic E-state index is 6.70. The molecule has 0 N–H and O–H groups in total. The van der Waals surface area contributed by atoms with Crippen molar-refractivity contribution in [1.82, 2.24) is 14.1 Å². The van der Waals surface area contributed by atoms with Crippen LogP contribution in [0.1, 0.15) is 155 Å². The number of fused-ring (bicyclic) bond motifs is 3. The van der Waals surface area contributed by atoms with Gasteiger partial charge in [-0.25, -0.2) is 4.98 Å². The number of imidazole rings is 1. The second-order valence-electron chi connectivity index (χ2n) is 21.6. The van der Waals surface area contributed by atoms with E-state index < -0.39 is 0 Å². The van der Waals surface area contributed by atoms with Gasteiger partial charge in [0.05, 0.1) is 17.1 Å². The van der Waals surface area contributed by atoms with E-state index in [1.165, 1.54) is 44.8 Å². The van der Waals surface area contributed by atoms with Crippen LogP contribution in [0.4, 0.5) is 0 Å². The van der Waals surface area contributed by atoms with E-state index >= 15 is 0 Å². The van der Waals surface area contributed by atoms with E-state index in [-0.39, 0.29) is 37.3 Å². The summed E-state index contributed by atoms with van der Waals surface area (Å²) in [6, 6.07) is 44.3. The van der Waals surface area contributed by atoms with Crippen LogP contribution in [0, 0.1) is 18.5 Å². The fraction of sp³-hybridized carbons (Fsp3) is 0.356. The summed E-state index contributed by atoms with van der Waals surface area (Å²) in [5.41, 5.74) is 13.9. The maximum Gasteiger partial charge on any atom is 0.267 e. The molecule has 0 fully saturated rings. The predicted molar refractivity (Wildman–Crippen MR) is 266 cm³/mol. The molecule has 0 amide bonds. The van der Waals surface area contributed by atoms with E-state index in [2.05, 4.69) is 221 Å². The number of rotatable bonds is 9. The molecule has 0 aliphatic heterocycles. The van der Waals surface area contributed by atoms with Crippen molar-refractivity contribution in [3.05, 3.63) is 161 Å². The van der Waals surface area contributed by atoms with Gasteiger partial charge in [0.15, 0.2) is 0 Å².